The summed E-state index contributed by atoms with van der Waals surface area (Å²) in [6.45, 7) is 8.67. The van der Waals surface area contributed by atoms with Gasteiger partial charge in [-0.15, -0.1) is 13.2 Å². The van der Waals surface area contributed by atoms with Crippen molar-refractivity contribution in [2.75, 3.05) is 13.1 Å². The van der Waals surface area contributed by atoms with E-state index >= 15 is 0 Å². The standard InChI is InChI=1S/C30H36N2O4/c1-3-11-29-13-9-19(17-29)21-23(29)27(35)31(25(21)33)15-7-5-6-8-16-32-26(34)22-20-10-14-30(18-20,12-4-2)24(22)28(32)36/h3-4,9-10,13-14,19-24H,1-2,5-8,11-12,15-18H2. The Morgan fingerprint density at radius 1 is 0.694 bits per heavy atom. The fraction of sp³-hybridized carbons (Fsp3) is 0.600. The predicted molar refractivity (Wildman–Crippen MR) is 135 cm³/mol. The molecular weight excluding hydrogens is 452 g/mol. The van der Waals surface area contributed by atoms with Crippen LogP contribution in [-0.2, 0) is 19.2 Å². The van der Waals surface area contributed by atoms with Crippen molar-refractivity contribution < 1.29 is 19.2 Å². The van der Waals surface area contributed by atoms with Gasteiger partial charge >= 0.3 is 0 Å². The Balaban J connectivity index is 0.985. The highest BCUT2D eigenvalue weighted by atomic mass is 16.2. The molecule has 0 aromatic heterocycles. The minimum atomic E-state index is -0.223. The molecule has 4 aliphatic carbocycles. The minimum Gasteiger partial charge on any atom is -0.282 e. The molecule has 0 radical (unpaired) electrons. The van der Waals surface area contributed by atoms with Gasteiger partial charge in [-0.2, -0.15) is 0 Å². The Bertz CT molecular complexity index is 1020. The number of hydrogen-bond donors (Lipinski definition) is 0. The quantitative estimate of drug-likeness (QED) is 0.250. The molecule has 2 saturated heterocycles. The normalized spacial score (nSPS) is 41.2. The Morgan fingerprint density at radius 3 is 1.50 bits per heavy atom. The largest absolute Gasteiger partial charge is 0.282 e. The Kier molecular flexibility index (Phi) is 5.51. The Hall–Kier alpha value is -2.76. The second-order valence-electron chi connectivity index (χ2n) is 12.0. The van der Waals surface area contributed by atoms with Gasteiger partial charge in [0.1, 0.15) is 0 Å². The molecule has 0 aromatic carbocycles. The van der Waals surface area contributed by atoms with Gasteiger partial charge in [0.2, 0.25) is 23.6 Å². The van der Waals surface area contributed by atoms with Gasteiger partial charge in [-0.1, -0.05) is 49.3 Å². The Morgan fingerprint density at radius 2 is 1.11 bits per heavy atom. The van der Waals surface area contributed by atoms with Gasteiger partial charge in [0.15, 0.2) is 0 Å². The summed E-state index contributed by atoms with van der Waals surface area (Å²) in [5.41, 5.74) is -0.435. The van der Waals surface area contributed by atoms with Gasteiger partial charge in [0.05, 0.1) is 23.7 Å². The van der Waals surface area contributed by atoms with Crippen molar-refractivity contribution in [2.45, 2.75) is 51.4 Å². The topological polar surface area (TPSA) is 74.8 Å². The van der Waals surface area contributed by atoms with Crippen LogP contribution in [0.3, 0.4) is 0 Å². The number of unbranched alkanes of at least 4 members (excludes halogenated alkanes) is 3. The fourth-order valence-electron chi connectivity index (χ4n) is 8.74. The van der Waals surface area contributed by atoms with E-state index in [9.17, 15) is 19.2 Å². The van der Waals surface area contributed by atoms with Crippen LogP contribution in [-0.4, -0.2) is 46.5 Å². The number of carbonyl (C=O) groups excluding carboxylic acids is 4. The second-order valence-corrected chi connectivity index (χ2v) is 12.0. The van der Waals surface area contributed by atoms with Crippen molar-refractivity contribution in [3.8, 4) is 0 Å². The molecular formula is C30H36N2O4. The zero-order valence-electron chi connectivity index (χ0n) is 20.9. The number of likely N-dealkylation sites (tertiary alicyclic amines) is 2. The third-order valence-corrected chi connectivity index (χ3v) is 10.2. The van der Waals surface area contributed by atoms with E-state index in [-0.39, 0.29) is 70.0 Å². The molecule has 190 valence electrons. The van der Waals surface area contributed by atoms with Crippen molar-refractivity contribution in [2.24, 2.45) is 46.3 Å². The van der Waals surface area contributed by atoms with Gasteiger partial charge in [0.25, 0.3) is 0 Å². The lowest BCUT2D eigenvalue weighted by molar-refractivity contribution is -0.143. The van der Waals surface area contributed by atoms with Gasteiger partial charge in [-0.05, 0) is 50.4 Å². The molecule has 8 atom stereocenters. The Labute approximate surface area is 213 Å². The summed E-state index contributed by atoms with van der Waals surface area (Å²) in [5, 5.41) is 0. The van der Waals surface area contributed by atoms with E-state index in [0.29, 0.717) is 13.1 Å². The first-order chi connectivity index (χ1) is 17.4. The number of imide groups is 2. The molecule has 4 bridgehead atoms. The van der Waals surface area contributed by atoms with Gasteiger partial charge < -0.3 is 0 Å². The smallest absolute Gasteiger partial charge is 0.234 e. The van der Waals surface area contributed by atoms with Crippen LogP contribution in [0, 0.1) is 46.3 Å². The highest BCUT2D eigenvalue weighted by molar-refractivity contribution is 6.07. The second kappa shape index (κ2) is 8.39. The van der Waals surface area contributed by atoms with E-state index in [1.54, 1.807) is 0 Å². The van der Waals surface area contributed by atoms with E-state index in [2.05, 4.69) is 37.5 Å². The summed E-state index contributed by atoms with van der Waals surface area (Å²) in [6, 6.07) is 0. The molecule has 4 fully saturated rings. The van der Waals surface area contributed by atoms with Gasteiger partial charge in [0, 0.05) is 23.9 Å². The molecule has 2 heterocycles. The van der Waals surface area contributed by atoms with E-state index < -0.39 is 0 Å². The molecule has 0 spiro atoms. The average Bonchev–Trinajstić information content (AvgIpc) is 3.67. The molecule has 6 heteroatoms. The summed E-state index contributed by atoms with van der Waals surface area (Å²) in [5.74, 6) is -0.469. The fourth-order valence-corrected chi connectivity index (χ4v) is 8.74. The lowest BCUT2D eigenvalue weighted by Gasteiger charge is -2.29. The van der Waals surface area contributed by atoms with Crippen LogP contribution >= 0.6 is 0 Å². The third-order valence-electron chi connectivity index (χ3n) is 10.2. The lowest BCUT2D eigenvalue weighted by atomic mass is 9.72. The summed E-state index contributed by atoms with van der Waals surface area (Å²) < 4.78 is 0. The summed E-state index contributed by atoms with van der Waals surface area (Å²) in [4.78, 5) is 55.6. The first kappa shape index (κ1) is 23.6. The predicted octanol–water partition coefficient (Wildman–Crippen LogP) is 4.05. The first-order valence-electron chi connectivity index (χ1n) is 13.7. The van der Waals surface area contributed by atoms with Crippen LogP contribution < -0.4 is 0 Å². The molecule has 8 unspecified atom stereocenters. The number of rotatable bonds is 11. The van der Waals surface area contributed by atoms with E-state index in [1.807, 2.05) is 12.2 Å². The van der Waals surface area contributed by atoms with Crippen LogP contribution in [0.1, 0.15) is 51.4 Å². The maximum atomic E-state index is 13.2. The van der Waals surface area contributed by atoms with Gasteiger partial charge in [-0.25, -0.2) is 0 Å². The SMILES string of the molecule is C=CCC12C=CC(C1)C1C(=O)N(CCCCCCN3C(=O)C4C5C=CC(CC=C)(C5)C4C3=O)C(=O)C12. The van der Waals surface area contributed by atoms with Crippen LogP contribution in [0.4, 0.5) is 0 Å². The van der Waals surface area contributed by atoms with E-state index in [0.717, 1.165) is 51.4 Å². The number of allylic oxidation sites excluding steroid dienone is 6. The molecule has 2 aliphatic heterocycles. The molecule has 2 saturated carbocycles. The number of nitrogens with zero attached hydrogens (tertiary/aromatic N) is 2. The molecule has 6 rings (SSSR count). The first-order valence-corrected chi connectivity index (χ1v) is 13.7. The summed E-state index contributed by atoms with van der Waals surface area (Å²) in [6.07, 6.45) is 18.8. The third kappa shape index (κ3) is 3.08. The van der Waals surface area contributed by atoms with Crippen LogP contribution in [0.5, 0.6) is 0 Å². The number of hydrogen-bond acceptors (Lipinski definition) is 4. The molecule has 36 heavy (non-hydrogen) atoms. The molecule has 0 aromatic rings. The molecule has 0 N–H and O–H groups in total. The molecule has 4 amide bonds. The van der Waals surface area contributed by atoms with Crippen LogP contribution in [0.2, 0.25) is 0 Å². The van der Waals surface area contributed by atoms with Crippen LogP contribution in [0.15, 0.2) is 49.6 Å². The summed E-state index contributed by atoms with van der Waals surface area (Å²) >= 11 is 0. The molecule has 6 nitrogen and oxygen atoms in total. The maximum absolute atomic E-state index is 13.2. The van der Waals surface area contributed by atoms with Crippen LogP contribution in [0.25, 0.3) is 0 Å². The van der Waals surface area contributed by atoms with Gasteiger partial charge in [-0.3, -0.25) is 29.0 Å². The maximum Gasteiger partial charge on any atom is 0.234 e. The minimum absolute atomic E-state index is 0.00165. The van der Waals surface area contributed by atoms with E-state index in [1.165, 1.54) is 9.80 Å². The highest BCUT2D eigenvalue weighted by Crippen LogP contribution is 2.62. The number of amides is 4. The zero-order valence-corrected chi connectivity index (χ0v) is 20.9. The monoisotopic (exact) mass is 488 g/mol. The number of carbonyl (C=O) groups is 4. The van der Waals surface area contributed by atoms with E-state index in [4.69, 9.17) is 0 Å². The van der Waals surface area contributed by atoms with Crippen molar-refractivity contribution in [1.29, 1.82) is 0 Å². The lowest BCUT2D eigenvalue weighted by Crippen LogP contribution is -2.36. The average molecular weight is 489 g/mol. The van der Waals surface area contributed by atoms with Crippen molar-refractivity contribution in [3.05, 3.63) is 49.6 Å². The molecule has 6 aliphatic rings. The van der Waals surface area contributed by atoms with Crippen molar-refractivity contribution in [3.63, 3.8) is 0 Å². The van der Waals surface area contributed by atoms with Crippen molar-refractivity contribution >= 4 is 23.6 Å². The number of fused-ring (bicyclic) bond motifs is 10. The van der Waals surface area contributed by atoms with Crippen molar-refractivity contribution in [1.82, 2.24) is 9.80 Å². The highest BCUT2D eigenvalue weighted by Gasteiger charge is 2.66. The zero-order chi connectivity index (χ0) is 25.2. The summed E-state index contributed by atoms with van der Waals surface area (Å²) in [7, 11) is 0.